The molecule has 2 N–H and O–H groups in total. The maximum Gasteiger partial charge on any atom is 0.0994 e. The van der Waals surface area contributed by atoms with Crippen LogP contribution in [0.5, 0.6) is 0 Å². The molecule has 1 heterocycles. The molecule has 2 rings (SSSR count). The van der Waals surface area contributed by atoms with Crippen LogP contribution in [0.1, 0.15) is 24.2 Å². The molecule has 0 aliphatic rings. The molecule has 2 aromatic rings. The maximum absolute atomic E-state index is 5.87. The molecule has 0 bridgehead atoms. The van der Waals surface area contributed by atoms with Gasteiger partial charge in [0.05, 0.1) is 18.2 Å². The zero-order valence-corrected chi connectivity index (χ0v) is 9.01. The number of nitrogens with two attached hydrogens (primary N) is 1. The highest BCUT2D eigenvalue weighted by Gasteiger charge is 2.07. The molecule has 1 aromatic carbocycles. The topological polar surface area (TPSA) is 43.8 Å². The van der Waals surface area contributed by atoms with E-state index >= 15 is 0 Å². The highest BCUT2D eigenvalue weighted by atomic mass is 15.1. The average Bonchev–Trinajstić information content (AvgIpc) is 2.67. The van der Waals surface area contributed by atoms with Crippen LogP contribution in [-0.4, -0.2) is 9.55 Å². The number of nitrogens with zero attached hydrogens (tertiary/aromatic N) is 2. The average molecular weight is 201 g/mol. The van der Waals surface area contributed by atoms with E-state index in [-0.39, 0.29) is 6.04 Å². The second-order valence-electron chi connectivity index (χ2n) is 3.81. The molecule has 0 fully saturated rings. The Hall–Kier alpha value is -1.61. The fourth-order valence-corrected chi connectivity index (χ4v) is 1.56. The summed E-state index contributed by atoms with van der Waals surface area (Å²) in [5.74, 6) is 0. The molecule has 15 heavy (non-hydrogen) atoms. The Morgan fingerprint density at radius 2 is 1.93 bits per heavy atom. The van der Waals surface area contributed by atoms with Gasteiger partial charge < -0.3 is 10.3 Å². The second-order valence-corrected chi connectivity index (χ2v) is 3.81. The van der Waals surface area contributed by atoms with Crippen LogP contribution >= 0.6 is 0 Å². The van der Waals surface area contributed by atoms with Gasteiger partial charge in [0.25, 0.3) is 0 Å². The molecule has 0 aliphatic carbocycles. The van der Waals surface area contributed by atoms with E-state index in [9.17, 15) is 0 Å². The van der Waals surface area contributed by atoms with Crippen molar-refractivity contribution < 1.29 is 0 Å². The Labute approximate surface area is 89.6 Å². The third-order valence-corrected chi connectivity index (χ3v) is 2.45. The van der Waals surface area contributed by atoms with Gasteiger partial charge in [-0.2, -0.15) is 0 Å². The van der Waals surface area contributed by atoms with Gasteiger partial charge >= 0.3 is 0 Å². The molecule has 0 saturated heterocycles. The minimum Gasteiger partial charge on any atom is -0.323 e. The first-order valence-electron chi connectivity index (χ1n) is 5.03. The molecule has 0 aliphatic heterocycles. The summed E-state index contributed by atoms with van der Waals surface area (Å²) in [6.45, 7) is 4.03. The predicted octanol–water partition coefficient (Wildman–Crippen LogP) is 2.20. The quantitative estimate of drug-likeness (QED) is 0.809. The minimum absolute atomic E-state index is 0.00574. The fourth-order valence-electron chi connectivity index (χ4n) is 1.56. The van der Waals surface area contributed by atoms with E-state index in [2.05, 4.69) is 36.2 Å². The first-order chi connectivity index (χ1) is 7.18. The predicted molar refractivity (Wildman–Crippen MR) is 60.9 cm³/mol. The summed E-state index contributed by atoms with van der Waals surface area (Å²) >= 11 is 0. The molecule has 78 valence electrons. The van der Waals surface area contributed by atoms with Crippen molar-refractivity contribution in [3.8, 4) is 5.69 Å². The van der Waals surface area contributed by atoms with E-state index in [1.165, 1.54) is 5.56 Å². The fraction of sp³-hybridized carbons (Fsp3) is 0.250. The summed E-state index contributed by atoms with van der Waals surface area (Å²) in [5.41, 5.74) is 9.25. The third-order valence-electron chi connectivity index (χ3n) is 2.45. The second kappa shape index (κ2) is 3.87. The summed E-state index contributed by atoms with van der Waals surface area (Å²) in [7, 11) is 0. The van der Waals surface area contributed by atoms with Gasteiger partial charge in [0.1, 0.15) is 0 Å². The number of aryl methyl sites for hydroxylation is 1. The van der Waals surface area contributed by atoms with Crippen molar-refractivity contribution in [1.29, 1.82) is 0 Å². The highest BCUT2D eigenvalue weighted by Crippen LogP contribution is 2.16. The molecular weight excluding hydrogens is 186 g/mol. The lowest BCUT2D eigenvalue weighted by Crippen LogP contribution is -2.10. The molecule has 0 spiro atoms. The Balaban J connectivity index is 2.45. The van der Waals surface area contributed by atoms with Gasteiger partial charge in [-0.25, -0.2) is 4.98 Å². The SMILES string of the molecule is Cc1ccc(-n2cncc2C(C)N)cc1. The van der Waals surface area contributed by atoms with Gasteiger partial charge in [-0.05, 0) is 26.0 Å². The minimum atomic E-state index is -0.00574. The summed E-state index contributed by atoms with van der Waals surface area (Å²) in [4.78, 5) is 4.13. The van der Waals surface area contributed by atoms with Crippen molar-refractivity contribution in [2.45, 2.75) is 19.9 Å². The van der Waals surface area contributed by atoms with Crippen LogP contribution in [-0.2, 0) is 0 Å². The number of imidazole rings is 1. The molecule has 0 radical (unpaired) electrons. The van der Waals surface area contributed by atoms with Crippen LogP contribution in [0.3, 0.4) is 0 Å². The van der Waals surface area contributed by atoms with Crippen molar-refractivity contribution in [3.05, 3.63) is 48.0 Å². The first-order valence-corrected chi connectivity index (χ1v) is 5.03. The lowest BCUT2D eigenvalue weighted by atomic mass is 10.2. The largest absolute Gasteiger partial charge is 0.323 e. The lowest BCUT2D eigenvalue weighted by molar-refractivity contribution is 0.752. The summed E-state index contributed by atoms with van der Waals surface area (Å²) in [6.07, 6.45) is 3.61. The van der Waals surface area contributed by atoms with Crippen LogP contribution in [0.2, 0.25) is 0 Å². The van der Waals surface area contributed by atoms with Crippen LogP contribution in [0, 0.1) is 6.92 Å². The van der Waals surface area contributed by atoms with Crippen molar-refractivity contribution in [1.82, 2.24) is 9.55 Å². The highest BCUT2D eigenvalue weighted by molar-refractivity contribution is 5.36. The van der Waals surface area contributed by atoms with Crippen LogP contribution in [0.15, 0.2) is 36.8 Å². The Bertz CT molecular complexity index is 440. The number of rotatable bonds is 2. The number of benzene rings is 1. The van der Waals surface area contributed by atoms with E-state index in [0.29, 0.717) is 0 Å². The summed E-state index contributed by atoms with van der Waals surface area (Å²) in [5, 5.41) is 0. The molecule has 1 aromatic heterocycles. The normalized spacial score (nSPS) is 12.7. The Morgan fingerprint density at radius 1 is 1.27 bits per heavy atom. The van der Waals surface area contributed by atoms with E-state index in [1.807, 2.05) is 17.7 Å². The molecule has 1 unspecified atom stereocenters. The summed E-state index contributed by atoms with van der Waals surface area (Å²) < 4.78 is 2.02. The van der Waals surface area contributed by atoms with Gasteiger partial charge in [0.2, 0.25) is 0 Å². The van der Waals surface area contributed by atoms with E-state index in [0.717, 1.165) is 11.4 Å². The molecule has 3 heteroatoms. The molecule has 1 atom stereocenters. The first kappa shape index (κ1) is 9.93. The van der Waals surface area contributed by atoms with Crippen molar-refractivity contribution >= 4 is 0 Å². The monoisotopic (exact) mass is 201 g/mol. The molecular formula is C12H15N3. The smallest absolute Gasteiger partial charge is 0.0994 e. The van der Waals surface area contributed by atoms with E-state index in [1.54, 1.807) is 6.33 Å². The van der Waals surface area contributed by atoms with Gasteiger partial charge in [0.15, 0.2) is 0 Å². The molecule has 0 saturated carbocycles. The van der Waals surface area contributed by atoms with Gasteiger partial charge in [-0.15, -0.1) is 0 Å². The molecule has 0 amide bonds. The number of hydrogen-bond donors (Lipinski definition) is 1. The van der Waals surface area contributed by atoms with Crippen molar-refractivity contribution in [2.75, 3.05) is 0 Å². The zero-order valence-electron chi connectivity index (χ0n) is 9.01. The summed E-state index contributed by atoms with van der Waals surface area (Å²) in [6, 6.07) is 8.31. The van der Waals surface area contributed by atoms with Crippen LogP contribution in [0.4, 0.5) is 0 Å². The number of aromatic nitrogens is 2. The van der Waals surface area contributed by atoms with Crippen molar-refractivity contribution in [3.63, 3.8) is 0 Å². The molecule has 3 nitrogen and oxygen atoms in total. The van der Waals surface area contributed by atoms with E-state index in [4.69, 9.17) is 5.73 Å². The van der Waals surface area contributed by atoms with Crippen LogP contribution < -0.4 is 5.73 Å². The number of hydrogen-bond acceptors (Lipinski definition) is 2. The van der Waals surface area contributed by atoms with Gasteiger partial charge in [-0.1, -0.05) is 17.7 Å². The third kappa shape index (κ3) is 1.92. The maximum atomic E-state index is 5.87. The standard InChI is InChI=1S/C12H15N3/c1-9-3-5-11(6-4-9)15-8-14-7-12(15)10(2)13/h3-8,10H,13H2,1-2H3. The van der Waals surface area contributed by atoms with E-state index < -0.39 is 0 Å². The van der Waals surface area contributed by atoms with Gasteiger partial charge in [0, 0.05) is 11.7 Å². The Morgan fingerprint density at radius 3 is 2.53 bits per heavy atom. The lowest BCUT2D eigenvalue weighted by Gasteiger charge is -2.10. The van der Waals surface area contributed by atoms with Gasteiger partial charge in [-0.3, -0.25) is 0 Å². The van der Waals surface area contributed by atoms with Crippen LogP contribution in [0.25, 0.3) is 5.69 Å². The van der Waals surface area contributed by atoms with Crippen molar-refractivity contribution in [2.24, 2.45) is 5.73 Å². The zero-order chi connectivity index (χ0) is 10.8. The Kier molecular flexibility index (Phi) is 2.56.